The summed E-state index contributed by atoms with van der Waals surface area (Å²) in [4.78, 5) is 11.4. The average molecular weight is 454 g/mol. The number of ether oxygens (including phenoxy) is 2. The lowest BCUT2D eigenvalue weighted by atomic mass is 9.96. The van der Waals surface area contributed by atoms with Crippen molar-refractivity contribution in [1.29, 1.82) is 5.41 Å². The van der Waals surface area contributed by atoms with E-state index in [1.165, 1.54) is 31.4 Å². The highest BCUT2D eigenvalue weighted by Gasteiger charge is 2.23. The maximum Gasteiger partial charge on any atom is 0.223 e. The predicted molar refractivity (Wildman–Crippen MR) is 127 cm³/mol. The second-order valence-electron chi connectivity index (χ2n) is 8.52. The van der Waals surface area contributed by atoms with Crippen LogP contribution >= 0.6 is 0 Å². The fourth-order valence-corrected chi connectivity index (χ4v) is 4.38. The Morgan fingerprint density at radius 1 is 1.15 bits per heavy atom. The predicted octanol–water partition coefficient (Wildman–Crippen LogP) is 4.12. The Bertz CT molecular complexity index is 967. The van der Waals surface area contributed by atoms with Gasteiger partial charge in [0.05, 0.1) is 43.8 Å². The van der Waals surface area contributed by atoms with Crippen LogP contribution < -0.4 is 5.32 Å². The Balaban J connectivity index is 1.69. The number of rotatable bonds is 8. The lowest BCUT2D eigenvalue weighted by Gasteiger charge is -2.28. The van der Waals surface area contributed by atoms with E-state index in [-0.39, 0.29) is 11.5 Å². The normalized spacial score (nSPS) is 18.5. The molecule has 1 aliphatic heterocycles. The van der Waals surface area contributed by atoms with Crippen LogP contribution in [0.4, 0.5) is 10.3 Å². The number of benzene rings is 1. The Hall–Kier alpha value is -2.84. The van der Waals surface area contributed by atoms with Gasteiger partial charge in [-0.3, -0.25) is 10.3 Å². The second-order valence-corrected chi connectivity index (χ2v) is 8.52. The first-order valence-electron chi connectivity index (χ1n) is 11.7. The smallest absolute Gasteiger partial charge is 0.223 e. The summed E-state index contributed by atoms with van der Waals surface area (Å²) in [6.07, 6.45) is 7.65. The topological polar surface area (TPSA) is 83.4 Å². The van der Waals surface area contributed by atoms with Crippen molar-refractivity contribution in [2.75, 3.05) is 45.3 Å². The highest BCUT2D eigenvalue weighted by Crippen LogP contribution is 2.26. The van der Waals surface area contributed by atoms with E-state index < -0.39 is 0 Å². The van der Waals surface area contributed by atoms with Crippen molar-refractivity contribution in [3.8, 4) is 0 Å². The van der Waals surface area contributed by atoms with Gasteiger partial charge >= 0.3 is 0 Å². The van der Waals surface area contributed by atoms with Gasteiger partial charge in [0.1, 0.15) is 11.6 Å². The van der Waals surface area contributed by atoms with Crippen LogP contribution in [0.3, 0.4) is 0 Å². The molecule has 8 heteroatoms. The largest absolute Gasteiger partial charge is 0.499 e. The number of hydrogen-bond acceptors (Lipinski definition) is 7. The molecule has 0 spiro atoms. The van der Waals surface area contributed by atoms with E-state index in [0.717, 1.165) is 25.9 Å². The number of halogens is 1. The van der Waals surface area contributed by atoms with Crippen LogP contribution in [-0.4, -0.2) is 66.6 Å². The Labute approximate surface area is 194 Å². The molecule has 176 valence electrons. The zero-order valence-corrected chi connectivity index (χ0v) is 19.1. The molecule has 1 aliphatic carbocycles. The third-order valence-electron chi connectivity index (χ3n) is 6.23. The summed E-state index contributed by atoms with van der Waals surface area (Å²) < 4.78 is 24.8. The Morgan fingerprint density at radius 2 is 1.88 bits per heavy atom. The van der Waals surface area contributed by atoms with Gasteiger partial charge in [-0.1, -0.05) is 19.3 Å². The summed E-state index contributed by atoms with van der Waals surface area (Å²) in [5.41, 5.74) is 2.04. The van der Waals surface area contributed by atoms with Crippen LogP contribution in [-0.2, 0) is 9.47 Å². The van der Waals surface area contributed by atoms with Crippen LogP contribution in [0.25, 0.3) is 5.57 Å². The summed E-state index contributed by atoms with van der Waals surface area (Å²) >= 11 is 0. The van der Waals surface area contributed by atoms with E-state index in [1.807, 2.05) is 0 Å². The lowest BCUT2D eigenvalue weighted by molar-refractivity contribution is 0.0364. The number of morpholine rings is 1. The number of hydrogen-bond donors (Lipinski definition) is 2. The SMILES string of the molecule is CO/C(CN1CCOCC1)=C(\C(=N)c1ccc(F)cc1)c1ccnc(NC2CCCCC2)n1. The van der Waals surface area contributed by atoms with Gasteiger partial charge < -0.3 is 14.8 Å². The van der Waals surface area contributed by atoms with Crippen LogP contribution in [0.1, 0.15) is 43.4 Å². The lowest BCUT2D eigenvalue weighted by Crippen LogP contribution is -2.38. The van der Waals surface area contributed by atoms with Crippen molar-refractivity contribution in [1.82, 2.24) is 14.9 Å². The number of allylic oxidation sites excluding steroid dienone is 1. The van der Waals surface area contributed by atoms with E-state index in [9.17, 15) is 4.39 Å². The minimum absolute atomic E-state index is 0.238. The maximum absolute atomic E-state index is 13.5. The molecular weight excluding hydrogens is 421 g/mol. The van der Waals surface area contributed by atoms with E-state index in [4.69, 9.17) is 19.9 Å². The van der Waals surface area contributed by atoms with Crippen molar-refractivity contribution >= 4 is 17.2 Å². The van der Waals surface area contributed by atoms with Crippen molar-refractivity contribution < 1.29 is 13.9 Å². The Kier molecular flexibility index (Phi) is 8.01. The number of methoxy groups -OCH3 is 1. The average Bonchev–Trinajstić information content (AvgIpc) is 2.85. The summed E-state index contributed by atoms with van der Waals surface area (Å²) in [6.45, 7) is 3.47. The standard InChI is InChI=1S/C25H32FN5O2/c1-32-22(17-31-13-15-33-16-14-31)23(24(27)18-7-9-19(26)10-8-18)21-11-12-28-25(30-21)29-20-5-3-2-4-6-20/h7-12,20,27H,2-6,13-17H2,1H3,(H,28,29,30)/b23-22-,27-24?. The summed E-state index contributed by atoms with van der Waals surface area (Å²) in [5.74, 6) is 0.873. The van der Waals surface area contributed by atoms with E-state index in [1.54, 1.807) is 31.5 Å². The van der Waals surface area contributed by atoms with Gasteiger partial charge in [-0.05, 0) is 43.2 Å². The maximum atomic E-state index is 13.5. The third-order valence-corrected chi connectivity index (χ3v) is 6.23. The van der Waals surface area contributed by atoms with Gasteiger partial charge in [-0.25, -0.2) is 14.4 Å². The molecule has 0 amide bonds. The van der Waals surface area contributed by atoms with E-state index in [0.29, 0.717) is 54.3 Å². The minimum Gasteiger partial charge on any atom is -0.499 e. The molecule has 33 heavy (non-hydrogen) atoms. The third kappa shape index (κ3) is 6.15. The molecule has 2 fully saturated rings. The molecule has 0 bridgehead atoms. The molecule has 1 saturated heterocycles. The molecule has 0 atom stereocenters. The quantitative estimate of drug-likeness (QED) is 0.462. The molecule has 1 aromatic carbocycles. The fraction of sp³-hybridized carbons (Fsp3) is 0.480. The molecule has 1 saturated carbocycles. The molecule has 4 rings (SSSR count). The molecular formula is C25H32FN5O2. The van der Waals surface area contributed by atoms with Crippen LogP contribution in [0, 0.1) is 11.2 Å². The fourth-order valence-electron chi connectivity index (χ4n) is 4.38. The first-order valence-corrected chi connectivity index (χ1v) is 11.7. The van der Waals surface area contributed by atoms with Gasteiger partial charge in [0, 0.05) is 30.9 Å². The van der Waals surface area contributed by atoms with Crippen molar-refractivity contribution in [3.05, 3.63) is 59.4 Å². The summed E-state index contributed by atoms with van der Waals surface area (Å²) in [7, 11) is 1.62. The van der Waals surface area contributed by atoms with Crippen molar-refractivity contribution in [3.63, 3.8) is 0 Å². The van der Waals surface area contributed by atoms with Crippen LogP contribution in [0.5, 0.6) is 0 Å². The van der Waals surface area contributed by atoms with Crippen molar-refractivity contribution in [2.24, 2.45) is 0 Å². The summed E-state index contributed by atoms with van der Waals surface area (Å²) in [5, 5.41) is 12.5. The molecule has 2 aliphatic rings. The van der Waals surface area contributed by atoms with Gasteiger partial charge in [-0.15, -0.1) is 0 Å². The van der Waals surface area contributed by atoms with E-state index in [2.05, 4.69) is 15.2 Å². The first-order chi connectivity index (χ1) is 16.1. The molecule has 1 aromatic heterocycles. The Morgan fingerprint density at radius 3 is 2.58 bits per heavy atom. The first kappa shape index (κ1) is 23.3. The zero-order chi connectivity index (χ0) is 23.0. The number of anilines is 1. The molecule has 2 aromatic rings. The van der Waals surface area contributed by atoms with Crippen LogP contribution in [0.15, 0.2) is 42.3 Å². The van der Waals surface area contributed by atoms with Gasteiger partial charge in [0.15, 0.2) is 0 Å². The monoisotopic (exact) mass is 453 g/mol. The number of nitrogens with zero attached hydrogens (tertiary/aromatic N) is 3. The van der Waals surface area contributed by atoms with Crippen molar-refractivity contribution in [2.45, 2.75) is 38.1 Å². The highest BCUT2D eigenvalue weighted by atomic mass is 19.1. The molecule has 0 unspecified atom stereocenters. The zero-order valence-electron chi connectivity index (χ0n) is 19.1. The highest BCUT2D eigenvalue weighted by molar-refractivity contribution is 6.30. The second kappa shape index (κ2) is 11.3. The van der Waals surface area contributed by atoms with Gasteiger partial charge in [-0.2, -0.15) is 0 Å². The minimum atomic E-state index is -0.335. The molecule has 7 nitrogen and oxygen atoms in total. The van der Waals surface area contributed by atoms with Gasteiger partial charge in [0.2, 0.25) is 5.95 Å². The summed E-state index contributed by atoms with van der Waals surface area (Å²) in [6, 6.07) is 8.13. The number of aromatic nitrogens is 2. The van der Waals surface area contributed by atoms with Gasteiger partial charge in [0.25, 0.3) is 0 Å². The molecule has 0 radical (unpaired) electrons. The number of nitrogens with one attached hydrogen (secondary N) is 2. The van der Waals surface area contributed by atoms with Crippen LogP contribution in [0.2, 0.25) is 0 Å². The molecule has 2 heterocycles. The van der Waals surface area contributed by atoms with E-state index >= 15 is 0 Å². The molecule has 2 N–H and O–H groups in total.